The second-order valence-electron chi connectivity index (χ2n) is 9.01. The van der Waals surface area contributed by atoms with Gasteiger partial charge in [-0.15, -0.1) is 11.3 Å². The molecule has 1 amide bonds. The molecule has 0 aliphatic carbocycles. The molecular formula is C28H30N6O2S. The first-order valence-corrected chi connectivity index (χ1v) is 13.3. The zero-order valence-electron chi connectivity index (χ0n) is 20.9. The molecule has 1 aliphatic rings. The lowest BCUT2D eigenvalue weighted by Gasteiger charge is -2.15. The van der Waals surface area contributed by atoms with Gasteiger partial charge in [0, 0.05) is 32.0 Å². The van der Waals surface area contributed by atoms with Crippen LogP contribution in [0.25, 0.3) is 28.0 Å². The van der Waals surface area contributed by atoms with E-state index in [9.17, 15) is 9.59 Å². The molecular weight excluding hydrogens is 484 g/mol. The van der Waals surface area contributed by atoms with Crippen LogP contribution in [0.15, 0.2) is 54.2 Å². The van der Waals surface area contributed by atoms with Gasteiger partial charge in [-0.1, -0.05) is 18.7 Å². The number of anilines is 1. The summed E-state index contributed by atoms with van der Waals surface area (Å²) in [5, 5.41) is 6.69. The van der Waals surface area contributed by atoms with Gasteiger partial charge in [-0.2, -0.15) is 0 Å². The third-order valence-electron chi connectivity index (χ3n) is 6.54. The maximum Gasteiger partial charge on any atom is 0.258 e. The van der Waals surface area contributed by atoms with Crippen LogP contribution in [0.2, 0.25) is 0 Å². The van der Waals surface area contributed by atoms with Crippen molar-refractivity contribution in [2.75, 3.05) is 31.5 Å². The van der Waals surface area contributed by atoms with Crippen molar-refractivity contribution < 1.29 is 4.79 Å². The first-order valence-electron chi connectivity index (χ1n) is 12.5. The molecule has 0 saturated carbocycles. The molecule has 0 unspecified atom stereocenters. The van der Waals surface area contributed by atoms with Crippen LogP contribution in [-0.4, -0.2) is 51.4 Å². The van der Waals surface area contributed by atoms with Crippen LogP contribution in [0.1, 0.15) is 46.3 Å². The van der Waals surface area contributed by atoms with Crippen molar-refractivity contribution in [3.05, 3.63) is 81.4 Å². The van der Waals surface area contributed by atoms with Gasteiger partial charge in [0.25, 0.3) is 5.91 Å². The summed E-state index contributed by atoms with van der Waals surface area (Å²) in [7, 11) is 0. The number of likely N-dealkylation sites (tertiary alicyclic amines) is 1. The Morgan fingerprint density at radius 1 is 1.27 bits per heavy atom. The van der Waals surface area contributed by atoms with Gasteiger partial charge in [-0.05, 0) is 62.7 Å². The number of hydrogen-bond donors (Lipinski definition) is 2. The maximum atomic E-state index is 13.8. The molecule has 8 nitrogen and oxygen atoms in total. The Morgan fingerprint density at radius 3 is 2.84 bits per heavy atom. The van der Waals surface area contributed by atoms with Crippen LogP contribution < -0.4 is 16.1 Å². The smallest absolute Gasteiger partial charge is 0.258 e. The average molecular weight is 515 g/mol. The van der Waals surface area contributed by atoms with Crippen molar-refractivity contribution in [1.29, 1.82) is 0 Å². The molecule has 4 aromatic rings. The summed E-state index contributed by atoms with van der Waals surface area (Å²) >= 11 is 1.38. The highest BCUT2D eigenvalue weighted by Crippen LogP contribution is 2.31. The number of pyridine rings is 3. The first kappa shape index (κ1) is 24.9. The van der Waals surface area contributed by atoms with Gasteiger partial charge in [0.2, 0.25) is 5.43 Å². The summed E-state index contributed by atoms with van der Waals surface area (Å²) in [6.07, 6.45) is 13.2. The lowest BCUT2D eigenvalue weighted by molar-refractivity contribution is 0.0950. The van der Waals surface area contributed by atoms with E-state index >= 15 is 0 Å². The van der Waals surface area contributed by atoms with Crippen molar-refractivity contribution in [3.63, 3.8) is 0 Å². The van der Waals surface area contributed by atoms with Crippen LogP contribution in [-0.2, 0) is 6.54 Å². The first-order chi connectivity index (χ1) is 18.1. The highest BCUT2D eigenvalue weighted by Gasteiger charge is 2.24. The standard InChI is InChI=1S/C28H30N6O2S/c1-3-8-22-23(4-2)37-28-24(27(36)30-11-14-33-12-5-6-13-33)25(35)21-15-20(18-32-26(21)34(22)28)31-17-19-9-7-10-29-16-19/h3-4,7-10,15-16,18,31H,2,5-6,11-14,17H2,1H3,(H,30,36)/b8-3-. The minimum absolute atomic E-state index is 0.143. The molecule has 0 spiro atoms. The van der Waals surface area contributed by atoms with Crippen LogP contribution in [0, 0.1) is 0 Å². The number of nitrogens with zero attached hydrogens (tertiary/aromatic N) is 4. The van der Waals surface area contributed by atoms with Gasteiger partial charge in [0.15, 0.2) is 0 Å². The van der Waals surface area contributed by atoms with Crippen molar-refractivity contribution >= 4 is 50.9 Å². The predicted molar refractivity (Wildman–Crippen MR) is 151 cm³/mol. The fourth-order valence-corrected chi connectivity index (χ4v) is 5.84. The van der Waals surface area contributed by atoms with E-state index < -0.39 is 0 Å². The molecule has 0 bridgehead atoms. The number of fused-ring (bicyclic) bond motifs is 3. The van der Waals surface area contributed by atoms with Crippen LogP contribution >= 0.6 is 11.3 Å². The minimum Gasteiger partial charge on any atom is -0.380 e. The Hall–Kier alpha value is -3.82. The highest BCUT2D eigenvalue weighted by molar-refractivity contribution is 7.19. The van der Waals surface area contributed by atoms with Crippen molar-refractivity contribution in [3.8, 4) is 0 Å². The van der Waals surface area contributed by atoms with E-state index in [0.717, 1.165) is 35.8 Å². The Morgan fingerprint density at radius 2 is 2.11 bits per heavy atom. The molecule has 37 heavy (non-hydrogen) atoms. The highest BCUT2D eigenvalue weighted by atomic mass is 32.1. The fourth-order valence-electron chi connectivity index (χ4n) is 4.72. The summed E-state index contributed by atoms with van der Waals surface area (Å²) in [6, 6.07) is 5.63. The van der Waals surface area contributed by atoms with E-state index in [1.807, 2.05) is 35.6 Å². The number of carbonyl (C=O) groups excluding carboxylic acids is 1. The molecule has 1 aliphatic heterocycles. The molecule has 1 fully saturated rings. The predicted octanol–water partition coefficient (Wildman–Crippen LogP) is 4.42. The molecule has 0 radical (unpaired) electrons. The second kappa shape index (κ2) is 11.1. The van der Waals surface area contributed by atoms with Crippen molar-refractivity contribution in [2.45, 2.75) is 26.3 Å². The lowest BCUT2D eigenvalue weighted by atomic mass is 10.1. The zero-order chi connectivity index (χ0) is 25.8. The largest absolute Gasteiger partial charge is 0.380 e. The second-order valence-corrected chi connectivity index (χ2v) is 10.0. The van der Waals surface area contributed by atoms with Crippen LogP contribution in [0.4, 0.5) is 5.69 Å². The number of rotatable bonds is 9. The number of nitrogens with one attached hydrogen (secondary N) is 2. The summed E-state index contributed by atoms with van der Waals surface area (Å²) in [4.78, 5) is 39.8. The average Bonchev–Trinajstić information content (AvgIpc) is 3.56. The number of hydrogen-bond acceptors (Lipinski definition) is 7. The monoisotopic (exact) mass is 514 g/mol. The summed E-state index contributed by atoms with van der Waals surface area (Å²) < 4.78 is 1.90. The Balaban J connectivity index is 1.58. The SMILES string of the molecule is C=Cc1sc2c(C(=O)NCCN3CCCC3)c(=O)c3cc(NCc4cccnc4)cnc3n2c1/C=C\C. The minimum atomic E-state index is -0.360. The van der Waals surface area contributed by atoms with E-state index in [1.165, 1.54) is 24.2 Å². The Labute approximate surface area is 219 Å². The van der Waals surface area contributed by atoms with Crippen molar-refractivity contribution in [1.82, 2.24) is 24.6 Å². The quantitative estimate of drug-likeness (QED) is 0.344. The maximum absolute atomic E-state index is 13.8. The fraction of sp³-hybridized carbons (Fsp3) is 0.286. The van der Waals surface area contributed by atoms with Gasteiger partial charge in [-0.3, -0.25) is 19.0 Å². The zero-order valence-corrected chi connectivity index (χ0v) is 21.7. The third-order valence-corrected chi connectivity index (χ3v) is 7.71. The van der Waals surface area contributed by atoms with Gasteiger partial charge in [0.1, 0.15) is 16.0 Å². The number of thiazole rings is 1. The molecule has 9 heteroatoms. The van der Waals surface area contributed by atoms with Gasteiger partial charge >= 0.3 is 0 Å². The topological polar surface area (TPSA) is 91.6 Å². The molecule has 190 valence electrons. The van der Waals surface area contributed by atoms with E-state index in [4.69, 9.17) is 0 Å². The van der Waals surface area contributed by atoms with Crippen LogP contribution in [0.3, 0.4) is 0 Å². The third kappa shape index (κ3) is 5.05. The molecule has 5 heterocycles. The molecule has 0 atom stereocenters. The Bertz CT molecular complexity index is 1530. The Kier molecular flexibility index (Phi) is 7.43. The molecule has 0 aromatic carbocycles. The van der Waals surface area contributed by atoms with E-state index in [-0.39, 0.29) is 16.9 Å². The summed E-state index contributed by atoms with van der Waals surface area (Å²) in [5.74, 6) is -0.360. The van der Waals surface area contributed by atoms with E-state index in [2.05, 4.69) is 32.1 Å². The lowest BCUT2D eigenvalue weighted by Crippen LogP contribution is -2.35. The number of carbonyl (C=O) groups is 1. The molecule has 2 N–H and O–H groups in total. The van der Waals surface area contributed by atoms with Gasteiger partial charge in [-0.25, -0.2) is 4.98 Å². The number of amides is 1. The number of aromatic nitrogens is 3. The van der Waals surface area contributed by atoms with Gasteiger partial charge < -0.3 is 15.5 Å². The summed E-state index contributed by atoms with van der Waals surface area (Å²) in [6.45, 7) is 9.80. The molecule has 1 saturated heterocycles. The van der Waals surface area contributed by atoms with Crippen LogP contribution in [0.5, 0.6) is 0 Å². The van der Waals surface area contributed by atoms with E-state index in [1.54, 1.807) is 30.7 Å². The molecule has 5 rings (SSSR count). The number of allylic oxidation sites excluding steroid dienone is 1. The summed E-state index contributed by atoms with van der Waals surface area (Å²) in [5.41, 5.74) is 2.88. The van der Waals surface area contributed by atoms with E-state index in [0.29, 0.717) is 34.6 Å². The van der Waals surface area contributed by atoms with Gasteiger partial charge in [0.05, 0.1) is 27.8 Å². The normalized spacial score (nSPS) is 14.1. The molecule has 4 aromatic heterocycles. The van der Waals surface area contributed by atoms with Crippen molar-refractivity contribution in [2.24, 2.45) is 0 Å².